The lowest BCUT2D eigenvalue weighted by atomic mass is 10.2. The topological polar surface area (TPSA) is 104 Å². The minimum Gasteiger partial charge on any atom is -0.462 e. The molecule has 0 atom stereocenters. The lowest BCUT2D eigenvalue weighted by Gasteiger charge is -2.34. The number of hydrogen-bond acceptors (Lipinski definition) is 7. The van der Waals surface area contributed by atoms with Crippen LogP contribution in [-0.4, -0.2) is 73.7 Å². The summed E-state index contributed by atoms with van der Waals surface area (Å²) >= 11 is 0. The quantitative estimate of drug-likeness (QED) is 0.525. The molecule has 1 fully saturated rings. The maximum Gasteiger partial charge on any atom is 0.339 e. The maximum absolute atomic E-state index is 11.9. The normalized spacial score (nSPS) is 14.3. The van der Waals surface area contributed by atoms with Gasteiger partial charge in [0.05, 0.1) is 18.7 Å². The molecule has 146 valence electrons. The zero-order chi connectivity index (χ0) is 19.6. The molecule has 9 heteroatoms. The number of amides is 3. The fraction of sp³-hybridized carbons (Fsp3) is 0.444. The van der Waals surface area contributed by atoms with Crippen molar-refractivity contribution in [3.63, 3.8) is 0 Å². The van der Waals surface area contributed by atoms with Crippen molar-refractivity contribution in [3.8, 4) is 0 Å². The molecule has 0 aliphatic carbocycles. The van der Waals surface area contributed by atoms with Gasteiger partial charge in [0.2, 0.25) is 5.91 Å². The third-order valence-electron chi connectivity index (χ3n) is 3.98. The van der Waals surface area contributed by atoms with Gasteiger partial charge in [-0.1, -0.05) is 6.08 Å². The molecule has 2 N–H and O–H groups in total. The molecule has 0 spiro atoms. The molecule has 3 amide bonds. The fourth-order valence-electron chi connectivity index (χ4n) is 2.62. The second-order valence-corrected chi connectivity index (χ2v) is 5.94. The van der Waals surface area contributed by atoms with Gasteiger partial charge in [0.25, 0.3) is 0 Å². The van der Waals surface area contributed by atoms with E-state index >= 15 is 0 Å². The summed E-state index contributed by atoms with van der Waals surface area (Å²) in [6.07, 6.45) is 3.05. The summed E-state index contributed by atoms with van der Waals surface area (Å²) in [4.78, 5) is 43.4. The first-order valence-electron chi connectivity index (χ1n) is 8.82. The second-order valence-electron chi connectivity index (χ2n) is 5.94. The Hall–Kier alpha value is -2.94. The lowest BCUT2D eigenvalue weighted by Crippen LogP contribution is -2.51. The van der Waals surface area contributed by atoms with Gasteiger partial charge < -0.3 is 15.0 Å². The molecular formula is C18H25N5O4. The molecule has 1 aliphatic heterocycles. The molecule has 1 aliphatic rings. The van der Waals surface area contributed by atoms with Crippen LogP contribution < -0.4 is 15.5 Å². The van der Waals surface area contributed by atoms with Gasteiger partial charge >= 0.3 is 12.0 Å². The summed E-state index contributed by atoms with van der Waals surface area (Å²) < 4.78 is 4.94. The van der Waals surface area contributed by atoms with Crippen LogP contribution in [0.1, 0.15) is 17.3 Å². The van der Waals surface area contributed by atoms with E-state index in [0.717, 1.165) is 5.82 Å². The SMILES string of the molecule is C=CCNC(=O)NC(=O)CN1CCN(c2ccc(C(=O)OCC)cn2)CC1. The molecule has 0 aromatic carbocycles. The lowest BCUT2D eigenvalue weighted by molar-refractivity contribution is -0.121. The number of carbonyl (C=O) groups is 3. The molecule has 9 nitrogen and oxygen atoms in total. The molecule has 1 saturated heterocycles. The Labute approximate surface area is 158 Å². The van der Waals surface area contributed by atoms with Crippen LogP contribution in [0, 0.1) is 0 Å². The predicted octanol–water partition coefficient (Wildman–Crippen LogP) is 0.392. The highest BCUT2D eigenvalue weighted by Crippen LogP contribution is 2.14. The first-order chi connectivity index (χ1) is 13.0. The average Bonchev–Trinajstić information content (AvgIpc) is 2.67. The number of nitrogens with zero attached hydrogens (tertiary/aromatic N) is 3. The number of urea groups is 1. The largest absolute Gasteiger partial charge is 0.462 e. The van der Waals surface area contributed by atoms with Crippen molar-refractivity contribution in [2.45, 2.75) is 6.92 Å². The van der Waals surface area contributed by atoms with Gasteiger partial charge in [-0.3, -0.25) is 15.0 Å². The molecule has 27 heavy (non-hydrogen) atoms. The molecular weight excluding hydrogens is 350 g/mol. The van der Waals surface area contributed by atoms with E-state index in [1.165, 1.54) is 12.3 Å². The van der Waals surface area contributed by atoms with Crippen LogP contribution in [0.2, 0.25) is 0 Å². The Balaban J connectivity index is 1.78. The van der Waals surface area contributed by atoms with Crippen molar-refractivity contribution in [2.75, 3.05) is 50.8 Å². The number of piperazine rings is 1. The monoisotopic (exact) mass is 375 g/mol. The Morgan fingerprint density at radius 3 is 2.59 bits per heavy atom. The van der Waals surface area contributed by atoms with Gasteiger partial charge in [0.1, 0.15) is 5.82 Å². The number of rotatable bonds is 7. The minimum absolute atomic E-state index is 0.157. The van der Waals surface area contributed by atoms with E-state index in [9.17, 15) is 14.4 Å². The summed E-state index contributed by atoms with van der Waals surface area (Å²) in [5.74, 6) is 0.0439. The van der Waals surface area contributed by atoms with E-state index in [0.29, 0.717) is 44.9 Å². The van der Waals surface area contributed by atoms with Crippen LogP contribution in [0.15, 0.2) is 31.0 Å². The summed E-state index contributed by atoms with van der Waals surface area (Å²) in [5.41, 5.74) is 0.422. The van der Waals surface area contributed by atoms with Crippen molar-refractivity contribution in [2.24, 2.45) is 0 Å². The Bertz CT molecular complexity index is 669. The summed E-state index contributed by atoms with van der Waals surface area (Å²) in [6, 6.07) is 2.96. The number of hydrogen-bond donors (Lipinski definition) is 2. The second kappa shape index (κ2) is 10.3. The maximum atomic E-state index is 11.9. The van der Waals surface area contributed by atoms with Crippen molar-refractivity contribution in [3.05, 3.63) is 36.5 Å². The molecule has 0 saturated carbocycles. The van der Waals surface area contributed by atoms with E-state index in [-0.39, 0.29) is 18.4 Å². The molecule has 1 aromatic rings. The van der Waals surface area contributed by atoms with Gasteiger partial charge in [0, 0.05) is 38.9 Å². The zero-order valence-electron chi connectivity index (χ0n) is 15.4. The highest BCUT2D eigenvalue weighted by molar-refractivity contribution is 5.95. The van der Waals surface area contributed by atoms with E-state index in [4.69, 9.17) is 4.74 Å². The van der Waals surface area contributed by atoms with E-state index in [1.807, 2.05) is 4.90 Å². The van der Waals surface area contributed by atoms with Crippen molar-refractivity contribution < 1.29 is 19.1 Å². The Morgan fingerprint density at radius 2 is 2.00 bits per heavy atom. The Morgan fingerprint density at radius 1 is 1.26 bits per heavy atom. The number of nitrogens with one attached hydrogen (secondary N) is 2. The third kappa shape index (κ3) is 6.37. The van der Waals surface area contributed by atoms with Crippen molar-refractivity contribution in [1.82, 2.24) is 20.5 Å². The van der Waals surface area contributed by atoms with Gasteiger partial charge in [0.15, 0.2) is 0 Å². The van der Waals surface area contributed by atoms with Crippen LogP contribution >= 0.6 is 0 Å². The minimum atomic E-state index is -0.524. The standard InChI is InChI=1S/C18H25N5O4/c1-3-7-19-18(26)21-16(24)13-22-8-10-23(11-9-22)15-6-5-14(12-20-15)17(25)27-4-2/h3,5-6,12H,1,4,7-11,13H2,2H3,(H2,19,21,24,26). The third-order valence-corrected chi connectivity index (χ3v) is 3.98. The van der Waals surface area contributed by atoms with E-state index in [2.05, 4.69) is 27.1 Å². The molecule has 0 radical (unpaired) electrons. The first kappa shape index (κ1) is 20.4. The van der Waals surface area contributed by atoms with Crippen LogP contribution in [0.5, 0.6) is 0 Å². The molecule has 2 heterocycles. The highest BCUT2D eigenvalue weighted by Gasteiger charge is 2.21. The summed E-state index contributed by atoms with van der Waals surface area (Å²) in [7, 11) is 0. The summed E-state index contributed by atoms with van der Waals surface area (Å²) in [6.45, 7) is 8.77. The van der Waals surface area contributed by atoms with Gasteiger partial charge in [-0.15, -0.1) is 6.58 Å². The molecule has 0 unspecified atom stereocenters. The average molecular weight is 375 g/mol. The van der Waals surface area contributed by atoms with Crippen molar-refractivity contribution in [1.29, 1.82) is 0 Å². The molecule has 2 rings (SSSR count). The number of esters is 1. The smallest absolute Gasteiger partial charge is 0.339 e. The van der Waals surface area contributed by atoms with Crippen molar-refractivity contribution >= 4 is 23.7 Å². The number of imide groups is 1. The number of aromatic nitrogens is 1. The van der Waals surface area contributed by atoms with Crippen LogP contribution in [0.25, 0.3) is 0 Å². The zero-order valence-corrected chi connectivity index (χ0v) is 15.4. The van der Waals surface area contributed by atoms with Gasteiger partial charge in [-0.2, -0.15) is 0 Å². The van der Waals surface area contributed by atoms with E-state index in [1.54, 1.807) is 19.1 Å². The molecule has 1 aromatic heterocycles. The number of pyridine rings is 1. The molecule has 0 bridgehead atoms. The van der Waals surface area contributed by atoms with Crippen LogP contribution in [-0.2, 0) is 9.53 Å². The van der Waals surface area contributed by atoms with Gasteiger partial charge in [-0.05, 0) is 19.1 Å². The fourth-order valence-corrected chi connectivity index (χ4v) is 2.62. The first-order valence-corrected chi connectivity index (χ1v) is 8.82. The number of ether oxygens (including phenoxy) is 1. The van der Waals surface area contributed by atoms with Crippen LogP contribution in [0.4, 0.5) is 10.6 Å². The van der Waals surface area contributed by atoms with Crippen LogP contribution in [0.3, 0.4) is 0 Å². The van der Waals surface area contributed by atoms with Gasteiger partial charge in [-0.25, -0.2) is 14.6 Å². The Kier molecular flexibility index (Phi) is 7.75. The number of carbonyl (C=O) groups excluding carboxylic acids is 3. The van der Waals surface area contributed by atoms with E-state index < -0.39 is 6.03 Å². The predicted molar refractivity (Wildman–Crippen MR) is 101 cm³/mol. The summed E-state index contributed by atoms with van der Waals surface area (Å²) in [5, 5.41) is 4.78. The highest BCUT2D eigenvalue weighted by atomic mass is 16.5. The number of anilines is 1.